The van der Waals surface area contributed by atoms with Gasteiger partial charge in [-0.2, -0.15) is 0 Å². The zero-order valence-electron chi connectivity index (χ0n) is 12.2. The molecule has 110 valence electrons. The highest BCUT2D eigenvalue weighted by atomic mass is 16.3. The summed E-state index contributed by atoms with van der Waals surface area (Å²) in [6, 6.07) is 20.9. The SMILES string of the molecule is Oc1ccc2ccccc2c1/N=N/c1cccc2cccnc12. The molecule has 0 bridgehead atoms. The first-order chi connectivity index (χ1) is 11.3. The Hall–Kier alpha value is -3.27. The van der Waals surface area contributed by atoms with Crippen LogP contribution in [0.25, 0.3) is 21.7 Å². The van der Waals surface area contributed by atoms with Crippen LogP contribution < -0.4 is 0 Å². The molecular formula is C19H13N3O. The first kappa shape index (κ1) is 13.4. The molecule has 0 amide bonds. The molecule has 1 heterocycles. The van der Waals surface area contributed by atoms with Crippen LogP contribution in [0.4, 0.5) is 11.4 Å². The maximum Gasteiger partial charge on any atom is 0.143 e. The van der Waals surface area contributed by atoms with E-state index in [1.54, 1.807) is 12.3 Å². The fourth-order valence-corrected chi connectivity index (χ4v) is 2.62. The van der Waals surface area contributed by atoms with Gasteiger partial charge in [-0.25, -0.2) is 0 Å². The Kier molecular flexibility index (Phi) is 3.20. The molecule has 0 radical (unpaired) electrons. The molecule has 0 aliphatic heterocycles. The molecule has 0 saturated heterocycles. The van der Waals surface area contributed by atoms with Gasteiger partial charge in [0.15, 0.2) is 0 Å². The van der Waals surface area contributed by atoms with Crippen molar-refractivity contribution in [2.75, 3.05) is 0 Å². The van der Waals surface area contributed by atoms with Gasteiger partial charge in [-0.1, -0.05) is 48.5 Å². The van der Waals surface area contributed by atoms with E-state index in [1.807, 2.05) is 60.7 Å². The molecule has 1 aromatic heterocycles. The molecule has 4 rings (SSSR count). The average molecular weight is 299 g/mol. The van der Waals surface area contributed by atoms with E-state index in [0.717, 1.165) is 21.7 Å². The van der Waals surface area contributed by atoms with Crippen LogP contribution in [0.3, 0.4) is 0 Å². The van der Waals surface area contributed by atoms with E-state index >= 15 is 0 Å². The molecule has 4 heteroatoms. The van der Waals surface area contributed by atoms with Gasteiger partial charge in [0, 0.05) is 17.0 Å². The van der Waals surface area contributed by atoms with Crippen LogP contribution in [0.5, 0.6) is 5.75 Å². The van der Waals surface area contributed by atoms with Crippen molar-refractivity contribution < 1.29 is 5.11 Å². The van der Waals surface area contributed by atoms with Crippen LogP contribution in [-0.4, -0.2) is 10.1 Å². The highest BCUT2D eigenvalue weighted by molar-refractivity contribution is 5.95. The van der Waals surface area contributed by atoms with Gasteiger partial charge < -0.3 is 5.11 Å². The van der Waals surface area contributed by atoms with E-state index in [4.69, 9.17) is 0 Å². The summed E-state index contributed by atoms with van der Waals surface area (Å²) in [6.07, 6.45) is 1.73. The minimum atomic E-state index is 0.112. The van der Waals surface area contributed by atoms with Crippen molar-refractivity contribution in [3.8, 4) is 5.75 Å². The van der Waals surface area contributed by atoms with Crippen molar-refractivity contribution >= 4 is 33.1 Å². The van der Waals surface area contributed by atoms with E-state index < -0.39 is 0 Å². The summed E-state index contributed by atoms with van der Waals surface area (Å²) >= 11 is 0. The topological polar surface area (TPSA) is 57.8 Å². The monoisotopic (exact) mass is 299 g/mol. The number of aromatic hydroxyl groups is 1. The Balaban J connectivity index is 1.87. The molecule has 0 spiro atoms. The molecule has 0 atom stereocenters. The number of fused-ring (bicyclic) bond motifs is 2. The summed E-state index contributed by atoms with van der Waals surface area (Å²) in [7, 11) is 0. The lowest BCUT2D eigenvalue weighted by Crippen LogP contribution is -1.78. The number of phenolic OH excluding ortho intramolecular Hbond substituents is 1. The normalized spacial score (nSPS) is 11.5. The van der Waals surface area contributed by atoms with Gasteiger partial charge in [0.1, 0.15) is 17.1 Å². The van der Waals surface area contributed by atoms with Gasteiger partial charge in [-0.15, -0.1) is 10.2 Å². The molecule has 1 N–H and O–H groups in total. The van der Waals surface area contributed by atoms with Crippen LogP contribution in [-0.2, 0) is 0 Å². The van der Waals surface area contributed by atoms with Crippen molar-refractivity contribution in [3.05, 3.63) is 72.9 Å². The van der Waals surface area contributed by atoms with Crippen molar-refractivity contribution in [3.63, 3.8) is 0 Å². The molecular weight excluding hydrogens is 286 g/mol. The molecule has 0 unspecified atom stereocenters. The second-order valence-electron chi connectivity index (χ2n) is 5.21. The number of para-hydroxylation sites is 1. The van der Waals surface area contributed by atoms with Gasteiger partial charge in [-0.05, 0) is 23.6 Å². The Morgan fingerprint density at radius 3 is 2.52 bits per heavy atom. The summed E-state index contributed by atoms with van der Waals surface area (Å²) in [4.78, 5) is 4.36. The second-order valence-corrected chi connectivity index (χ2v) is 5.21. The van der Waals surface area contributed by atoms with E-state index in [0.29, 0.717) is 11.4 Å². The highest BCUT2D eigenvalue weighted by Gasteiger charge is 2.06. The van der Waals surface area contributed by atoms with Crippen molar-refractivity contribution in [1.82, 2.24) is 4.98 Å². The van der Waals surface area contributed by atoms with E-state index in [2.05, 4.69) is 15.2 Å². The maximum atomic E-state index is 10.1. The average Bonchev–Trinajstić information content (AvgIpc) is 2.61. The Bertz CT molecular complexity index is 1040. The number of azo groups is 1. The summed E-state index contributed by atoms with van der Waals surface area (Å²) < 4.78 is 0. The second kappa shape index (κ2) is 5.50. The number of benzene rings is 3. The summed E-state index contributed by atoms with van der Waals surface area (Å²) in [5.74, 6) is 0.112. The fourth-order valence-electron chi connectivity index (χ4n) is 2.62. The van der Waals surface area contributed by atoms with Crippen molar-refractivity contribution in [2.24, 2.45) is 10.2 Å². The molecule has 0 aliphatic carbocycles. The first-order valence-corrected chi connectivity index (χ1v) is 7.29. The number of pyridine rings is 1. The smallest absolute Gasteiger partial charge is 0.143 e. The number of nitrogens with zero attached hydrogens (tertiary/aromatic N) is 3. The van der Waals surface area contributed by atoms with Gasteiger partial charge in [0.25, 0.3) is 0 Å². The van der Waals surface area contributed by atoms with Crippen molar-refractivity contribution in [2.45, 2.75) is 0 Å². The first-order valence-electron chi connectivity index (χ1n) is 7.29. The Labute approximate surface area is 132 Å². The summed E-state index contributed by atoms with van der Waals surface area (Å²) in [5, 5.41) is 21.6. The molecule has 0 fully saturated rings. The van der Waals surface area contributed by atoms with E-state index in [1.165, 1.54) is 0 Å². The molecule has 0 aliphatic rings. The minimum Gasteiger partial charge on any atom is -0.506 e. The standard InChI is InChI=1S/C19H13N3O/c23-17-11-10-13-5-1-2-8-15(13)19(17)22-21-16-9-3-6-14-7-4-12-20-18(14)16/h1-12,23H/b22-21+. The third-order valence-corrected chi connectivity index (χ3v) is 3.75. The van der Waals surface area contributed by atoms with Crippen molar-refractivity contribution in [1.29, 1.82) is 0 Å². The molecule has 4 aromatic rings. The van der Waals surface area contributed by atoms with Gasteiger partial charge in [0.05, 0.1) is 5.52 Å². The fraction of sp³-hybridized carbons (Fsp3) is 0. The Morgan fingerprint density at radius 2 is 1.57 bits per heavy atom. The zero-order chi connectivity index (χ0) is 15.6. The predicted molar refractivity (Wildman–Crippen MR) is 91.5 cm³/mol. The van der Waals surface area contributed by atoms with Crippen LogP contribution in [0.15, 0.2) is 83.2 Å². The largest absolute Gasteiger partial charge is 0.506 e. The maximum absolute atomic E-state index is 10.1. The quantitative estimate of drug-likeness (QED) is 0.496. The summed E-state index contributed by atoms with van der Waals surface area (Å²) in [5.41, 5.74) is 1.94. The van der Waals surface area contributed by atoms with E-state index in [9.17, 15) is 5.11 Å². The van der Waals surface area contributed by atoms with Gasteiger partial charge in [0.2, 0.25) is 0 Å². The lowest BCUT2D eigenvalue weighted by Gasteiger charge is -2.04. The van der Waals surface area contributed by atoms with Crippen LogP contribution >= 0.6 is 0 Å². The summed E-state index contributed by atoms with van der Waals surface area (Å²) in [6.45, 7) is 0. The number of hydrogen-bond acceptors (Lipinski definition) is 4. The number of phenols is 1. The van der Waals surface area contributed by atoms with Gasteiger partial charge >= 0.3 is 0 Å². The number of aromatic nitrogens is 1. The Morgan fingerprint density at radius 1 is 0.739 bits per heavy atom. The molecule has 23 heavy (non-hydrogen) atoms. The third kappa shape index (κ3) is 2.40. The molecule has 0 saturated carbocycles. The lowest BCUT2D eigenvalue weighted by atomic mass is 10.1. The predicted octanol–water partition coefficient (Wildman–Crippen LogP) is 5.51. The van der Waals surface area contributed by atoms with Gasteiger partial charge in [-0.3, -0.25) is 4.98 Å². The number of rotatable bonds is 2. The van der Waals surface area contributed by atoms with Crippen LogP contribution in [0.1, 0.15) is 0 Å². The minimum absolute atomic E-state index is 0.112. The van der Waals surface area contributed by atoms with Crippen LogP contribution in [0.2, 0.25) is 0 Å². The lowest BCUT2D eigenvalue weighted by molar-refractivity contribution is 0.477. The van der Waals surface area contributed by atoms with Crippen LogP contribution in [0, 0.1) is 0 Å². The highest BCUT2D eigenvalue weighted by Crippen LogP contribution is 2.36. The zero-order valence-corrected chi connectivity index (χ0v) is 12.2. The molecule has 3 aromatic carbocycles. The number of hydrogen-bond donors (Lipinski definition) is 1. The van der Waals surface area contributed by atoms with E-state index in [-0.39, 0.29) is 5.75 Å². The third-order valence-electron chi connectivity index (χ3n) is 3.75. The molecule has 4 nitrogen and oxygen atoms in total.